The van der Waals surface area contributed by atoms with Gasteiger partial charge in [0, 0.05) is 24.7 Å². The Bertz CT molecular complexity index is 875. The number of carbonyl (C=O) groups excluding carboxylic acids is 3. The zero-order chi connectivity index (χ0) is 21.0. The van der Waals surface area contributed by atoms with E-state index in [1.807, 2.05) is 0 Å². The fraction of sp³-hybridized carbons (Fsp3) is 0.550. The van der Waals surface area contributed by atoms with Crippen LogP contribution in [0.15, 0.2) is 24.3 Å². The second-order valence-corrected chi connectivity index (χ2v) is 9.86. The van der Waals surface area contributed by atoms with Crippen LogP contribution in [0.1, 0.15) is 49.4 Å². The van der Waals surface area contributed by atoms with E-state index in [0.29, 0.717) is 12.1 Å². The highest BCUT2D eigenvalue weighted by Gasteiger charge is 2.39. The largest absolute Gasteiger partial charge is 0.452 e. The van der Waals surface area contributed by atoms with Gasteiger partial charge < -0.3 is 15.0 Å². The fourth-order valence-electron chi connectivity index (χ4n) is 4.06. The van der Waals surface area contributed by atoms with E-state index < -0.39 is 22.4 Å². The van der Waals surface area contributed by atoms with Gasteiger partial charge >= 0.3 is 5.97 Å². The Kier molecular flexibility index (Phi) is 6.56. The number of nitrogens with zero attached hydrogens (tertiary/aromatic N) is 1. The molecule has 1 aromatic carbocycles. The molecular weight excluding hydrogens is 396 g/mol. The summed E-state index contributed by atoms with van der Waals surface area (Å²) in [7, 11) is -3.12. The van der Waals surface area contributed by atoms with Gasteiger partial charge in [-0.1, -0.05) is 12.8 Å². The first-order valence-corrected chi connectivity index (χ1v) is 11.6. The molecule has 29 heavy (non-hydrogen) atoms. The maximum absolute atomic E-state index is 12.8. The number of nitrogens with one attached hydrogen (secondary N) is 1. The van der Waals surface area contributed by atoms with Gasteiger partial charge in [-0.3, -0.25) is 9.59 Å². The maximum atomic E-state index is 12.8. The molecule has 158 valence electrons. The van der Waals surface area contributed by atoms with Gasteiger partial charge in [-0.2, -0.15) is 0 Å². The molecule has 1 saturated heterocycles. The van der Waals surface area contributed by atoms with Gasteiger partial charge in [0.25, 0.3) is 5.91 Å². The zero-order valence-electron chi connectivity index (χ0n) is 16.4. The average molecular weight is 423 g/mol. The normalized spacial score (nSPS) is 20.9. The van der Waals surface area contributed by atoms with Crippen LogP contribution in [-0.4, -0.2) is 61.3 Å². The molecule has 1 aliphatic heterocycles. The van der Waals surface area contributed by atoms with Crippen LogP contribution in [0.5, 0.6) is 0 Å². The Hall–Kier alpha value is -2.42. The molecule has 0 unspecified atom stereocenters. The molecule has 2 aliphatic rings. The molecule has 9 heteroatoms. The molecule has 0 aromatic heterocycles. The average Bonchev–Trinajstić information content (AvgIpc) is 3.30. The summed E-state index contributed by atoms with van der Waals surface area (Å²) in [6, 6.07) is 5.84. The van der Waals surface area contributed by atoms with Crippen LogP contribution in [0.25, 0.3) is 0 Å². The fourth-order valence-corrected chi connectivity index (χ4v) is 5.77. The smallest absolute Gasteiger partial charge is 0.338 e. The maximum Gasteiger partial charge on any atom is 0.338 e. The standard InChI is InChI=1S/C20H26N2O6S/c1-14(23)21-16-8-6-15(7-9-16)20(25)28-12-19(24)22(17-4-2-3-5-17)18-10-11-29(26,27)13-18/h6-9,17-18H,2-5,10-13H2,1H3,(H,21,23)/t18-/m1/s1. The second kappa shape index (κ2) is 8.94. The lowest BCUT2D eigenvalue weighted by Crippen LogP contribution is -2.48. The molecule has 2 amide bonds. The number of benzene rings is 1. The molecule has 0 bridgehead atoms. The van der Waals surface area contributed by atoms with E-state index in [4.69, 9.17) is 4.74 Å². The van der Waals surface area contributed by atoms with Crippen molar-refractivity contribution in [3.8, 4) is 0 Å². The quantitative estimate of drug-likeness (QED) is 0.700. The van der Waals surface area contributed by atoms with Crippen molar-refractivity contribution in [1.29, 1.82) is 0 Å². The van der Waals surface area contributed by atoms with Crippen molar-refractivity contribution < 1.29 is 27.5 Å². The van der Waals surface area contributed by atoms with Gasteiger partial charge in [-0.15, -0.1) is 0 Å². The monoisotopic (exact) mass is 422 g/mol. The molecule has 1 saturated carbocycles. The summed E-state index contributed by atoms with van der Waals surface area (Å²) < 4.78 is 29.0. The summed E-state index contributed by atoms with van der Waals surface area (Å²) >= 11 is 0. The van der Waals surface area contributed by atoms with Gasteiger partial charge in [0.1, 0.15) is 0 Å². The van der Waals surface area contributed by atoms with E-state index in [9.17, 15) is 22.8 Å². The van der Waals surface area contributed by atoms with Crippen LogP contribution in [0.3, 0.4) is 0 Å². The van der Waals surface area contributed by atoms with Gasteiger partial charge in [0.15, 0.2) is 16.4 Å². The number of ether oxygens (including phenoxy) is 1. The van der Waals surface area contributed by atoms with Crippen LogP contribution in [0.4, 0.5) is 5.69 Å². The Morgan fingerprint density at radius 3 is 2.28 bits per heavy atom. The second-order valence-electron chi connectivity index (χ2n) is 7.63. The van der Waals surface area contributed by atoms with E-state index in [1.54, 1.807) is 17.0 Å². The predicted octanol–water partition coefficient (Wildman–Crippen LogP) is 1.76. The molecule has 2 fully saturated rings. The van der Waals surface area contributed by atoms with E-state index in [-0.39, 0.29) is 41.0 Å². The van der Waals surface area contributed by atoms with Crippen LogP contribution >= 0.6 is 0 Å². The van der Waals surface area contributed by atoms with E-state index >= 15 is 0 Å². The van der Waals surface area contributed by atoms with Crippen molar-refractivity contribution in [3.63, 3.8) is 0 Å². The van der Waals surface area contributed by atoms with Crippen LogP contribution in [0, 0.1) is 0 Å². The summed E-state index contributed by atoms with van der Waals surface area (Å²) in [5, 5.41) is 2.60. The Morgan fingerprint density at radius 2 is 1.72 bits per heavy atom. The van der Waals surface area contributed by atoms with Crippen molar-refractivity contribution in [3.05, 3.63) is 29.8 Å². The van der Waals surface area contributed by atoms with Crippen molar-refractivity contribution in [1.82, 2.24) is 4.90 Å². The topological polar surface area (TPSA) is 110 Å². The van der Waals surface area contributed by atoms with Crippen LogP contribution in [-0.2, 0) is 24.2 Å². The number of rotatable bonds is 6. The molecule has 1 aromatic rings. The first-order valence-electron chi connectivity index (χ1n) is 9.81. The lowest BCUT2D eigenvalue weighted by Gasteiger charge is -2.33. The number of sulfone groups is 1. The van der Waals surface area contributed by atoms with Gasteiger partial charge in [-0.25, -0.2) is 13.2 Å². The third-order valence-corrected chi connectivity index (χ3v) is 7.13. The summed E-state index contributed by atoms with van der Waals surface area (Å²) in [5.74, 6) is -1.13. The van der Waals surface area contributed by atoms with Crippen molar-refractivity contribution in [2.45, 2.75) is 51.1 Å². The Labute approximate surface area is 170 Å². The summed E-state index contributed by atoms with van der Waals surface area (Å²) in [5.41, 5.74) is 0.822. The predicted molar refractivity (Wildman–Crippen MR) is 107 cm³/mol. The Balaban J connectivity index is 1.62. The van der Waals surface area contributed by atoms with E-state index in [0.717, 1.165) is 25.7 Å². The lowest BCUT2D eigenvalue weighted by atomic mass is 10.1. The summed E-state index contributed by atoms with van der Waals surface area (Å²) in [6.45, 7) is 0.971. The van der Waals surface area contributed by atoms with E-state index in [2.05, 4.69) is 5.32 Å². The van der Waals surface area contributed by atoms with Gasteiger partial charge in [0.2, 0.25) is 5.91 Å². The highest BCUT2D eigenvalue weighted by atomic mass is 32.2. The number of anilines is 1. The number of hydrogen-bond donors (Lipinski definition) is 1. The number of amides is 2. The third-order valence-electron chi connectivity index (χ3n) is 5.38. The molecular formula is C20H26N2O6S. The Morgan fingerprint density at radius 1 is 1.07 bits per heavy atom. The first kappa shape index (κ1) is 21.3. The molecule has 8 nitrogen and oxygen atoms in total. The lowest BCUT2D eigenvalue weighted by molar-refractivity contribution is -0.139. The first-order chi connectivity index (χ1) is 13.7. The highest BCUT2D eigenvalue weighted by Crippen LogP contribution is 2.29. The molecule has 0 spiro atoms. The van der Waals surface area contributed by atoms with Crippen LogP contribution in [0.2, 0.25) is 0 Å². The van der Waals surface area contributed by atoms with Crippen molar-refractivity contribution >= 4 is 33.3 Å². The number of esters is 1. The molecule has 0 radical (unpaired) electrons. The minimum Gasteiger partial charge on any atom is -0.452 e. The third kappa shape index (κ3) is 5.56. The van der Waals surface area contributed by atoms with Crippen molar-refractivity contribution in [2.24, 2.45) is 0 Å². The van der Waals surface area contributed by atoms with E-state index in [1.165, 1.54) is 19.1 Å². The van der Waals surface area contributed by atoms with Crippen molar-refractivity contribution in [2.75, 3.05) is 23.4 Å². The minimum absolute atomic E-state index is 0.0106. The summed E-state index contributed by atoms with van der Waals surface area (Å²) in [4.78, 5) is 37.8. The minimum atomic E-state index is -3.12. The van der Waals surface area contributed by atoms with Crippen LogP contribution < -0.4 is 5.32 Å². The highest BCUT2D eigenvalue weighted by molar-refractivity contribution is 7.91. The number of carbonyl (C=O) groups is 3. The van der Waals surface area contributed by atoms with Gasteiger partial charge in [0.05, 0.1) is 17.1 Å². The molecule has 1 atom stereocenters. The molecule has 1 heterocycles. The van der Waals surface area contributed by atoms with Gasteiger partial charge in [-0.05, 0) is 43.5 Å². The number of hydrogen-bond acceptors (Lipinski definition) is 6. The SMILES string of the molecule is CC(=O)Nc1ccc(C(=O)OCC(=O)N(C2CCCC2)[C@@H]2CCS(=O)(=O)C2)cc1. The molecule has 1 N–H and O–H groups in total. The zero-order valence-corrected chi connectivity index (χ0v) is 17.2. The molecule has 3 rings (SSSR count). The summed E-state index contributed by atoms with van der Waals surface area (Å²) in [6.07, 6.45) is 4.15. The molecule has 1 aliphatic carbocycles.